The molecule has 2 bridgehead atoms. The number of nitrogens with two attached hydrogens (primary N) is 1. The lowest BCUT2D eigenvalue weighted by molar-refractivity contribution is 0.259. The summed E-state index contributed by atoms with van der Waals surface area (Å²) < 4.78 is 2.62. The standard InChI is InChI=1S/C17H26N2/c1-17(2)9-14(18)13-5-6-19(16(13)10-17)15-8-11-3-4-12(15)7-11/h5-6,11-12,14-15H,3-4,7-10,18H2,1-2H3. The maximum Gasteiger partial charge on any atom is 0.0364 e. The summed E-state index contributed by atoms with van der Waals surface area (Å²) in [6.45, 7) is 4.74. The van der Waals surface area contributed by atoms with Crippen molar-refractivity contribution >= 4 is 0 Å². The van der Waals surface area contributed by atoms with E-state index in [4.69, 9.17) is 5.73 Å². The van der Waals surface area contributed by atoms with Crippen molar-refractivity contribution in [3.8, 4) is 0 Å². The Labute approximate surface area is 116 Å². The molecule has 2 nitrogen and oxygen atoms in total. The van der Waals surface area contributed by atoms with Gasteiger partial charge in [0.05, 0.1) is 0 Å². The predicted molar refractivity (Wildman–Crippen MR) is 77.9 cm³/mol. The molecular weight excluding hydrogens is 232 g/mol. The van der Waals surface area contributed by atoms with Gasteiger partial charge in [-0.3, -0.25) is 0 Å². The van der Waals surface area contributed by atoms with Crippen molar-refractivity contribution in [2.75, 3.05) is 0 Å². The highest BCUT2D eigenvalue weighted by Gasteiger charge is 2.42. The minimum Gasteiger partial charge on any atom is -0.348 e. The van der Waals surface area contributed by atoms with Crippen LogP contribution in [0, 0.1) is 17.3 Å². The van der Waals surface area contributed by atoms with Gasteiger partial charge in [-0.25, -0.2) is 0 Å². The van der Waals surface area contributed by atoms with E-state index in [1.54, 1.807) is 5.69 Å². The lowest BCUT2D eigenvalue weighted by atomic mass is 9.74. The Balaban J connectivity index is 1.72. The second-order valence-electron chi connectivity index (χ2n) is 8.02. The second kappa shape index (κ2) is 3.88. The van der Waals surface area contributed by atoms with E-state index < -0.39 is 0 Å². The number of rotatable bonds is 1. The van der Waals surface area contributed by atoms with E-state index in [1.807, 2.05) is 0 Å². The van der Waals surface area contributed by atoms with Crippen LogP contribution in [0.15, 0.2) is 12.3 Å². The monoisotopic (exact) mass is 258 g/mol. The quantitative estimate of drug-likeness (QED) is 0.815. The van der Waals surface area contributed by atoms with Crippen molar-refractivity contribution in [2.45, 2.75) is 64.5 Å². The number of fused-ring (bicyclic) bond motifs is 3. The first-order valence-corrected chi connectivity index (χ1v) is 7.99. The highest BCUT2D eigenvalue weighted by atomic mass is 15.0. The van der Waals surface area contributed by atoms with Gasteiger partial charge in [0.25, 0.3) is 0 Å². The van der Waals surface area contributed by atoms with Gasteiger partial charge in [-0.2, -0.15) is 0 Å². The van der Waals surface area contributed by atoms with Crippen LogP contribution in [0.3, 0.4) is 0 Å². The van der Waals surface area contributed by atoms with Crippen LogP contribution >= 0.6 is 0 Å². The maximum absolute atomic E-state index is 6.40. The summed E-state index contributed by atoms with van der Waals surface area (Å²) in [4.78, 5) is 0. The van der Waals surface area contributed by atoms with E-state index in [0.717, 1.165) is 24.3 Å². The average Bonchev–Trinajstić information content (AvgIpc) is 2.99. The number of hydrogen-bond acceptors (Lipinski definition) is 1. The minimum absolute atomic E-state index is 0.249. The van der Waals surface area contributed by atoms with E-state index in [2.05, 4.69) is 30.7 Å². The summed E-state index contributed by atoms with van der Waals surface area (Å²) in [5, 5.41) is 0. The van der Waals surface area contributed by atoms with Crippen molar-refractivity contribution in [1.29, 1.82) is 0 Å². The molecule has 1 aromatic rings. The third-order valence-corrected chi connectivity index (χ3v) is 5.94. The molecule has 1 aromatic heterocycles. The Kier molecular flexibility index (Phi) is 2.45. The predicted octanol–water partition coefficient (Wildman–Crippen LogP) is 3.82. The van der Waals surface area contributed by atoms with E-state index in [1.165, 1.54) is 37.7 Å². The molecule has 2 heteroatoms. The summed E-state index contributed by atoms with van der Waals surface area (Å²) in [5.74, 6) is 1.96. The summed E-state index contributed by atoms with van der Waals surface area (Å²) in [5.41, 5.74) is 9.75. The van der Waals surface area contributed by atoms with Crippen LogP contribution in [0.4, 0.5) is 0 Å². The number of hydrogen-bond donors (Lipinski definition) is 1. The first kappa shape index (κ1) is 12.0. The summed E-state index contributed by atoms with van der Waals surface area (Å²) >= 11 is 0. The highest BCUT2D eigenvalue weighted by molar-refractivity contribution is 5.31. The molecule has 2 N–H and O–H groups in total. The van der Waals surface area contributed by atoms with Crippen LogP contribution in [0.25, 0.3) is 0 Å². The number of aromatic nitrogens is 1. The lowest BCUT2D eigenvalue weighted by Gasteiger charge is -2.36. The van der Waals surface area contributed by atoms with Gasteiger partial charge in [0.15, 0.2) is 0 Å². The molecule has 4 unspecified atom stereocenters. The topological polar surface area (TPSA) is 30.9 Å². The average molecular weight is 258 g/mol. The van der Waals surface area contributed by atoms with Crippen LogP contribution in [-0.2, 0) is 6.42 Å². The fraction of sp³-hybridized carbons (Fsp3) is 0.765. The Bertz CT molecular complexity index is 499. The zero-order valence-corrected chi connectivity index (χ0v) is 12.2. The third-order valence-electron chi connectivity index (χ3n) is 5.94. The summed E-state index contributed by atoms with van der Waals surface area (Å²) in [6, 6.07) is 3.34. The Morgan fingerprint density at radius 1 is 1.26 bits per heavy atom. The highest BCUT2D eigenvalue weighted by Crippen LogP contribution is 2.52. The van der Waals surface area contributed by atoms with Gasteiger partial charge in [0.1, 0.15) is 0 Å². The molecular formula is C17H26N2. The second-order valence-corrected chi connectivity index (χ2v) is 8.02. The smallest absolute Gasteiger partial charge is 0.0364 e. The summed E-state index contributed by atoms with van der Waals surface area (Å²) in [6.07, 6.45) is 10.5. The fourth-order valence-electron chi connectivity index (χ4n) is 5.12. The molecule has 0 aromatic carbocycles. The Morgan fingerprint density at radius 3 is 2.79 bits per heavy atom. The van der Waals surface area contributed by atoms with E-state index in [-0.39, 0.29) is 6.04 Å². The maximum atomic E-state index is 6.40. The normalized spacial score (nSPS) is 39.5. The van der Waals surface area contributed by atoms with Gasteiger partial charge in [-0.1, -0.05) is 20.3 Å². The first-order valence-electron chi connectivity index (χ1n) is 7.99. The third kappa shape index (κ3) is 1.79. The van der Waals surface area contributed by atoms with Crippen LogP contribution < -0.4 is 5.73 Å². The molecule has 0 amide bonds. The largest absolute Gasteiger partial charge is 0.348 e. The Hall–Kier alpha value is -0.760. The van der Waals surface area contributed by atoms with E-state index in [9.17, 15) is 0 Å². The molecule has 3 aliphatic rings. The first-order chi connectivity index (χ1) is 9.03. The molecule has 0 aliphatic heterocycles. The molecule has 3 aliphatic carbocycles. The zero-order chi connectivity index (χ0) is 13.2. The van der Waals surface area contributed by atoms with Gasteiger partial charge >= 0.3 is 0 Å². The SMILES string of the molecule is CC1(C)Cc2c(ccn2C2CC3CCC2C3)C(N)C1. The number of nitrogens with zero attached hydrogens (tertiary/aromatic N) is 1. The zero-order valence-electron chi connectivity index (χ0n) is 12.2. The minimum atomic E-state index is 0.249. The van der Waals surface area contributed by atoms with E-state index in [0.29, 0.717) is 5.41 Å². The van der Waals surface area contributed by atoms with Crippen LogP contribution in [0.1, 0.15) is 69.3 Å². The van der Waals surface area contributed by atoms with Gasteiger partial charge in [0, 0.05) is 24.0 Å². The fourth-order valence-corrected chi connectivity index (χ4v) is 5.12. The molecule has 0 radical (unpaired) electrons. The van der Waals surface area contributed by atoms with Gasteiger partial charge in [-0.05, 0) is 61.0 Å². The van der Waals surface area contributed by atoms with Crippen molar-refractivity contribution in [1.82, 2.24) is 4.57 Å². The van der Waals surface area contributed by atoms with E-state index >= 15 is 0 Å². The van der Waals surface area contributed by atoms with Crippen molar-refractivity contribution < 1.29 is 0 Å². The lowest BCUT2D eigenvalue weighted by Crippen LogP contribution is -2.31. The van der Waals surface area contributed by atoms with Crippen LogP contribution in [-0.4, -0.2) is 4.57 Å². The van der Waals surface area contributed by atoms with Crippen molar-refractivity contribution in [3.63, 3.8) is 0 Å². The molecule has 2 saturated carbocycles. The molecule has 4 rings (SSSR count). The summed E-state index contributed by atoms with van der Waals surface area (Å²) in [7, 11) is 0. The van der Waals surface area contributed by atoms with Crippen molar-refractivity contribution in [3.05, 3.63) is 23.5 Å². The van der Waals surface area contributed by atoms with Crippen molar-refractivity contribution in [2.24, 2.45) is 23.0 Å². The van der Waals surface area contributed by atoms with Gasteiger partial charge in [0.2, 0.25) is 0 Å². The van der Waals surface area contributed by atoms with Gasteiger partial charge < -0.3 is 10.3 Å². The van der Waals surface area contributed by atoms with Crippen LogP contribution in [0.2, 0.25) is 0 Å². The molecule has 104 valence electrons. The molecule has 4 atom stereocenters. The molecule has 2 fully saturated rings. The Morgan fingerprint density at radius 2 is 2.11 bits per heavy atom. The molecule has 19 heavy (non-hydrogen) atoms. The van der Waals surface area contributed by atoms with Gasteiger partial charge in [-0.15, -0.1) is 0 Å². The van der Waals surface area contributed by atoms with Crippen LogP contribution in [0.5, 0.6) is 0 Å². The molecule has 0 saturated heterocycles. The molecule has 1 heterocycles. The molecule has 0 spiro atoms.